The molecule has 0 N–H and O–H groups in total. The van der Waals surface area contributed by atoms with Crippen LogP contribution in [0.1, 0.15) is 5.56 Å². The average molecular weight is 199 g/mol. The average Bonchev–Trinajstić information content (AvgIpc) is 2.30. The molecule has 3 heteroatoms. The second-order valence-electron chi connectivity index (χ2n) is 2.92. The van der Waals surface area contributed by atoms with Crippen molar-refractivity contribution in [3.63, 3.8) is 0 Å². The molecule has 0 saturated carbocycles. The summed E-state index contributed by atoms with van der Waals surface area (Å²) in [6.07, 6.45) is 2.46. The van der Waals surface area contributed by atoms with E-state index in [4.69, 9.17) is 5.26 Å². The lowest BCUT2D eigenvalue weighted by molar-refractivity contribution is -0.117. The van der Waals surface area contributed by atoms with E-state index in [-0.39, 0.29) is 5.57 Å². The van der Waals surface area contributed by atoms with Crippen molar-refractivity contribution in [2.24, 2.45) is 5.92 Å². The number of benzene rings is 1. The van der Waals surface area contributed by atoms with E-state index in [1.54, 1.807) is 12.1 Å². The fraction of sp³-hybridized carbons (Fsp3) is 0.0833. The molecule has 74 valence electrons. The van der Waals surface area contributed by atoms with E-state index in [1.807, 2.05) is 24.3 Å². The Morgan fingerprint density at radius 2 is 1.80 bits per heavy atom. The molecule has 0 aliphatic carbocycles. The van der Waals surface area contributed by atoms with Crippen LogP contribution in [-0.2, 0) is 9.59 Å². The second kappa shape index (κ2) is 5.51. The fourth-order valence-corrected chi connectivity index (χ4v) is 1.11. The fourth-order valence-electron chi connectivity index (χ4n) is 1.11. The highest BCUT2D eigenvalue weighted by atomic mass is 16.1. The van der Waals surface area contributed by atoms with Crippen LogP contribution in [0.5, 0.6) is 0 Å². The molecule has 15 heavy (non-hydrogen) atoms. The second-order valence-corrected chi connectivity index (χ2v) is 2.92. The Labute approximate surface area is 87.6 Å². The van der Waals surface area contributed by atoms with Crippen LogP contribution in [0.15, 0.2) is 35.9 Å². The van der Waals surface area contributed by atoms with Crippen molar-refractivity contribution < 1.29 is 9.59 Å². The summed E-state index contributed by atoms with van der Waals surface area (Å²) in [5.74, 6) is -0.963. The van der Waals surface area contributed by atoms with Gasteiger partial charge in [0.1, 0.15) is 18.5 Å². The van der Waals surface area contributed by atoms with Crippen molar-refractivity contribution in [1.29, 1.82) is 5.26 Å². The summed E-state index contributed by atoms with van der Waals surface area (Å²) in [6.45, 7) is 0. The lowest BCUT2D eigenvalue weighted by Crippen LogP contribution is -2.05. The van der Waals surface area contributed by atoms with Crippen molar-refractivity contribution >= 4 is 18.6 Å². The van der Waals surface area contributed by atoms with Crippen molar-refractivity contribution in [2.45, 2.75) is 0 Å². The number of carbonyl (C=O) groups excluding carboxylic acids is 2. The van der Waals surface area contributed by atoms with Gasteiger partial charge in [-0.3, -0.25) is 0 Å². The van der Waals surface area contributed by atoms with Gasteiger partial charge in [-0.05, 0) is 11.6 Å². The van der Waals surface area contributed by atoms with E-state index >= 15 is 0 Å². The minimum Gasteiger partial charge on any atom is -0.302 e. The molecule has 0 fully saturated rings. The molecule has 1 aromatic rings. The van der Waals surface area contributed by atoms with Crippen molar-refractivity contribution in [1.82, 2.24) is 0 Å². The molecule has 0 bridgehead atoms. The Kier molecular flexibility index (Phi) is 3.99. The highest BCUT2D eigenvalue weighted by Crippen LogP contribution is 2.11. The molecule has 0 radical (unpaired) electrons. The smallest absolute Gasteiger partial charge is 0.135 e. The molecule has 1 rings (SSSR count). The maximum absolute atomic E-state index is 10.5. The third-order valence-corrected chi connectivity index (χ3v) is 1.90. The van der Waals surface area contributed by atoms with Crippen molar-refractivity contribution in [2.75, 3.05) is 0 Å². The van der Waals surface area contributed by atoms with Crippen LogP contribution < -0.4 is 0 Å². The van der Waals surface area contributed by atoms with E-state index in [1.165, 1.54) is 6.08 Å². The first-order valence-corrected chi connectivity index (χ1v) is 4.39. The summed E-state index contributed by atoms with van der Waals surface area (Å²) in [5, 5.41) is 8.78. The van der Waals surface area contributed by atoms with Crippen molar-refractivity contribution in [3.05, 3.63) is 41.5 Å². The Balaban J connectivity index is 3.03. The monoisotopic (exact) mass is 199 g/mol. The van der Waals surface area contributed by atoms with Crippen LogP contribution in [-0.4, -0.2) is 12.6 Å². The van der Waals surface area contributed by atoms with Gasteiger partial charge in [0.05, 0.1) is 6.07 Å². The van der Waals surface area contributed by atoms with Gasteiger partial charge in [-0.15, -0.1) is 0 Å². The summed E-state index contributed by atoms with van der Waals surface area (Å²) in [7, 11) is 0. The maximum atomic E-state index is 10.5. The van der Waals surface area contributed by atoms with Gasteiger partial charge >= 0.3 is 0 Å². The lowest BCUT2D eigenvalue weighted by atomic mass is 10.0. The zero-order valence-electron chi connectivity index (χ0n) is 7.96. The SMILES string of the molecule is N#C/C(=C\c1ccccc1)C(C=O)C=O. The first kappa shape index (κ1) is 10.9. The van der Waals surface area contributed by atoms with Gasteiger partial charge in [-0.1, -0.05) is 30.3 Å². The van der Waals surface area contributed by atoms with Crippen LogP contribution in [0.3, 0.4) is 0 Å². The van der Waals surface area contributed by atoms with Crippen LogP contribution in [0, 0.1) is 17.2 Å². The third-order valence-electron chi connectivity index (χ3n) is 1.90. The van der Waals surface area contributed by atoms with Gasteiger partial charge in [-0.2, -0.15) is 5.26 Å². The molecular weight excluding hydrogens is 190 g/mol. The normalized spacial score (nSPS) is 10.8. The molecule has 0 amide bonds. The first-order valence-electron chi connectivity index (χ1n) is 4.39. The summed E-state index contributed by atoms with van der Waals surface area (Å²) in [5.41, 5.74) is 0.953. The van der Waals surface area contributed by atoms with E-state index in [9.17, 15) is 9.59 Å². The Bertz CT molecular complexity index is 407. The van der Waals surface area contributed by atoms with Gasteiger partial charge < -0.3 is 9.59 Å². The van der Waals surface area contributed by atoms with E-state index in [0.29, 0.717) is 12.6 Å². The van der Waals surface area contributed by atoms with Gasteiger partial charge in [-0.25, -0.2) is 0 Å². The largest absolute Gasteiger partial charge is 0.302 e. The molecule has 1 aromatic carbocycles. The predicted octanol–water partition coefficient (Wildman–Crippen LogP) is 1.61. The van der Waals surface area contributed by atoms with Gasteiger partial charge in [0.2, 0.25) is 0 Å². The molecule has 0 unspecified atom stereocenters. The highest BCUT2D eigenvalue weighted by Gasteiger charge is 2.11. The summed E-state index contributed by atoms with van der Waals surface area (Å²) in [4.78, 5) is 21.0. The van der Waals surface area contributed by atoms with Gasteiger partial charge in [0.15, 0.2) is 0 Å². The maximum Gasteiger partial charge on any atom is 0.135 e. The predicted molar refractivity (Wildman–Crippen MR) is 55.7 cm³/mol. The van der Waals surface area contributed by atoms with E-state index < -0.39 is 5.92 Å². The Morgan fingerprint density at radius 3 is 2.27 bits per heavy atom. The van der Waals surface area contributed by atoms with Gasteiger partial charge in [0, 0.05) is 5.57 Å². The molecule has 3 nitrogen and oxygen atoms in total. The molecule has 0 saturated heterocycles. The molecule has 0 aliphatic heterocycles. The quantitative estimate of drug-likeness (QED) is 0.420. The zero-order chi connectivity index (χ0) is 11.1. The number of aldehydes is 2. The Hall–Kier alpha value is -2.21. The summed E-state index contributed by atoms with van der Waals surface area (Å²) < 4.78 is 0. The standard InChI is InChI=1S/C12H9NO2/c13-7-11(12(8-14)9-15)6-10-4-2-1-3-5-10/h1-6,8-9,12H/b11-6+. The van der Waals surface area contributed by atoms with Gasteiger partial charge in [0.25, 0.3) is 0 Å². The number of hydrogen-bond donors (Lipinski definition) is 0. The zero-order valence-corrected chi connectivity index (χ0v) is 7.96. The van der Waals surface area contributed by atoms with E-state index in [2.05, 4.69) is 0 Å². The Morgan fingerprint density at radius 1 is 1.20 bits per heavy atom. The number of nitriles is 1. The molecule has 0 heterocycles. The molecule has 0 spiro atoms. The summed E-state index contributed by atoms with van der Waals surface area (Å²) >= 11 is 0. The van der Waals surface area contributed by atoms with Crippen LogP contribution in [0.25, 0.3) is 6.08 Å². The van der Waals surface area contributed by atoms with Crippen LogP contribution in [0.2, 0.25) is 0 Å². The van der Waals surface area contributed by atoms with Crippen molar-refractivity contribution in [3.8, 4) is 6.07 Å². The number of nitrogens with zero attached hydrogens (tertiary/aromatic N) is 1. The summed E-state index contributed by atoms with van der Waals surface area (Å²) in [6, 6.07) is 10.9. The first-order chi connectivity index (χ1) is 7.31. The van der Waals surface area contributed by atoms with E-state index in [0.717, 1.165) is 5.56 Å². The lowest BCUT2D eigenvalue weighted by Gasteiger charge is -1.99. The number of allylic oxidation sites excluding steroid dienone is 1. The third kappa shape index (κ3) is 2.89. The topological polar surface area (TPSA) is 57.9 Å². The highest BCUT2D eigenvalue weighted by molar-refractivity contribution is 5.85. The van der Waals surface area contributed by atoms with Crippen LogP contribution in [0.4, 0.5) is 0 Å². The number of carbonyl (C=O) groups is 2. The number of hydrogen-bond acceptors (Lipinski definition) is 3. The molecular formula is C12H9NO2. The molecule has 0 aromatic heterocycles. The molecule has 0 aliphatic rings. The number of rotatable bonds is 4. The van der Waals surface area contributed by atoms with Crippen LogP contribution >= 0.6 is 0 Å². The molecule has 0 atom stereocenters. The minimum atomic E-state index is -0.963. The minimum absolute atomic E-state index is 0.159.